The topological polar surface area (TPSA) is 55.6 Å². The number of likely N-dealkylation sites (tertiary alicyclic amines) is 1. The highest BCUT2D eigenvalue weighted by Crippen LogP contribution is 2.19. The maximum atomic E-state index is 11.8. The molecule has 0 aromatic carbocycles. The number of nitrogens with zero attached hydrogens (tertiary/aromatic N) is 1. The molecule has 0 spiro atoms. The minimum Gasteiger partial charge on any atom is -0.444 e. The van der Waals surface area contributed by atoms with Crippen molar-refractivity contribution in [3.05, 3.63) is 0 Å². The molecular formula is C11H22N2O2. The lowest BCUT2D eigenvalue weighted by atomic mass is 9.99. The van der Waals surface area contributed by atoms with E-state index in [1.54, 1.807) is 4.90 Å². The molecule has 0 aromatic heterocycles. The van der Waals surface area contributed by atoms with Crippen molar-refractivity contribution < 1.29 is 9.53 Å². The van der Waals surface area contributed by atoms with E-state index in [0.717, 1.165) is 19.4 Å². The van der Waals surface area contributed by atoms with Gasteiger partial charge in [0.05, 0.1) is 0 Å². The van der Waals surface area contributed by atoms with Crippen LogP contribution in [0.25, 0.3) is 0 Å². The molecule has 2 N–H and O–H groups in total. The van der Waals surface area contributed by atoms with Crippen LogP contribution in [0.3, 0.4) is 0 Å². The van der Waals surface area contributed by atoms with Gasteiger partial charge >= 0.3 is 6.09 Å². The van der Waals surface area contributed by atoms with Gasteiger partial charge in [-0.3, -0.25) is 0 Å². The lowest BCUT2D eigenvalue weighted by Gasteiger charge is -2.38. The predicted molar refractivity (Wildman–Crippen MR) is 59.6 cm³/mol. The summed E-state index contributed by atoms with van der Waals surface area (Å²) in [6.45, 7) is 8.36. The van der Waals surface area contributed by atoms with Crippen molar-refractivity contribution in [2.75, 3.05) is 6.54 Å². The molecule has 1 heterocycles. The van der Waals surface area contributed by atoms with Crippen molar-refractivity contribution in [1.29, 1.82) is 0 Å². The third kappa shape index (κ3) is 3.38. The third-order valence-corrected chi connectivity index (χ3v) is 2.68. The molecule has 1 amide bonds. The van der Waals surface area contributed by atoms with E-state index in [2.05, 4.69) is 0 Å². The van der Waals surface area contributed by atoms with Gasteiger partial charge in [0, 0.05) is 18.6 Å². The highest BCUT2D eigenvalue weighted by molar-refractivity contribution is 5.68. The molecule has 4 heteroatoms. The Balaban J connectivity index is 2.59. The van der Waals surface area contributed by atoms with Gasteiger partial charge in [-0.05, 0) is 40.5 Å². The van der Waals surface area contributed by atoms with Crippen molar-refractivity contribution in [2.24, 2.45) is 5.73 Å². The molecule has 1 rings (SSSR count). The number of carbonyl (C=O) groups excluding carboxylic acids is 1. The largest absolute Gasteiger partial charge is 0.444 e. The van der Waals surface area contributed by atoms with Gasteiger partial charge in [0.2, 0.25) is 0 Å². The van der Waals surface area contributed by atoms with Crippen molar-refractivity contribution in [1.82, 2.24) is 4.90 Å². The number of carbonyl (C=O) groups is 1. The second kappa shape index (κ2) is 4.39. The van der Waals surface area contributed by atoms with Gasteiger partial charge in [-0.25, -0.2) is 4.79 Å². The van der Waals surface area contributed by atoms with Gasteiger partial charge in [0.1, 0.15) is 5.60 Å². The third-order valence-electron chi connectivity index (χ3n) is 2.68. The lowest BCUT2D eigenvalue weighted by Crippen LogP contribution is -2.53. The molecule has 1 aliphatic rings. The molecule has 1 saturated heterocycles. The van der Waals surface area contributed by atoms with E-state index >= 15 is 0 Å². The highest BCUT2D eigenvalue weighted by Gasteiger charge is 2.31. The minimum absolute atomic E-state index is 0.0752. The van der Waals surface area contributed by atoms with Gasteiger partial charge in [-0.15, -0.1) is 0 Å². The first-order chi connectivity index (χ1) is 6.81. The molecule has 0 aromatic rings. The van der Waals surface area contributed by atoms with Crippen LogP contribution >= 0.6 is 0 Å². The second-order valence-electron chi connectivity index (χ2n) is 5.22. The van der Waals surface area contributed by atoms with E-state index in [1.807, 2.05) is 27.7 Å². The standard InChI is InChI=1S/C11H22N2O2/c1-8-9(12)6-5-7-13(8)10(14)15-11(2,3)4/h8-9H,5-7,12H2,1-4H3. The number of amides is 1. The molecule has 0 aliphatic carbocycles. The van der Waals surface area contributed by atoms with Crippen LogP contribution in [0, 0.1) is 0 Å². The zero-order chi connectivity index (χ0) is 11.6. The Bertz CT molecular complexity index is 235. The average molecular weight is 214 g/mol. The summed E-state index contributed by atoms with van der Waals surface area (Å²) in [6.07, 6.45) is 1.70. The summed E-state index contributed by atoms with van der Waals surface area (Å²) < 4.78 is 5.33. The molecule has 15 heavy (non-hydrogen) atoms. The van der Waals surface area contributed by atoms with E-state index < -0.39 is 5.60 Å². The zero-order valence-corrected chi connectivity index (χ0v) is 10.1. The SMILES string of the molecule is CC1C(N)CCCN1C(=O)OC(C)(C)C. The Hall–Kier alpha value is -0.770. The van der Waals surface area contributed by atoms with Gasteiger partial charge < -0.3 is 15.4 Å². The number of ether oxygens (including phenoxy) is 1. The molecule has 1 aliphatic heterocycles. The Morgan fingerprint density at radius 2 is 2.07 bits per heavy atom. The Morgan fingerprint density at radius 3 is 2.60 bits per heavy atom. The summed E-state index contributed by atoms with van der Waals surface area (Å²) in [5.74, 6) is 0. The van der Waals surface area contributed by atoms with Gasteiger partial charge in [-0.2, -0.15) is 0 Å². The van der Waals surface area contributed by atoms with E-state index in [1.165, 1.54) is 0 Å². The fourth-order valence-corrected chi connectivity index (χ4v) is 1.75. The van der Waals surface area contributed by atoms with Crippen LogP contribution in [0.4, 0.5) is 4.79 Å². The molecular weight excluding hydrogens is 192 g/mol. The monoisotopic (exact) mass is 214 g/mol. The van der Waals surface area contributed by atoms with E-state index in [9.17, 15) is 4.79 Å². The Morgan fingerprint density at radius 1 is 1.47 bits per heavy atom. The van der Waals surface area contributed by atoms with Crippen LogP contribution in [0.1, 0.15) is 40.5 Å². The molecule has 0 saturated carbocycles. The van der Waals surface area contributed by atoms with Crippen LogP contribution in [-0.4, -0.2) is 35.2 Å². The quantitative estimate of drug-likeness (QED) is 0.668. The first-order valence-electron chi connectivity index (χ1n) is 5.56. The molecule has 0 bridgehead atoms. The number of rotatable bonds is 0. The summed E-state index contributed by atoms with van der Waals surface area (Å²) in [4.78, 5) is 13.6. The smallest absolute Gasteiger partial charge is 0.410 e. The second-order valence-corrected chi connectivity index (χ2v) is 5.22. The van der Waals surface area contributed by atoms with Crippen molar-refractivity contribution in [3.8, 4) is 0 Å². The Kier molecular flexibility index (Phi) is 3.60. The first-order valence-corrected chi connectivity index (χ1v) is 5.56. The van der Waals surface area contributed by atoms with Crippen LogP contribution in [0.15, 0.2) is 0 Å². The fourth-order valence-electron chi connectivity index (χ4n) is 1.75. The van der Waals surface area contributed by atoms with Crippen molar-refractivity contribution in [3.63, 3.8) is 0 Å². The summed E-state index contributed by atoms with van der Waals surface area (Å²) in [5.41, 5.74) is 5.49. The summed E-state index contributed by atoms with van der Waals surface area (Å²) in [5, 5.41) is 0. The number of nitrogens with two attached hydrogens (primary N) is 1. The lowest BCUT2D eigenvalue weighted by molar-refractivity contribution is 0.00933. The van der Waals surface area contributed by atoms with E-state index in [-0.39, 0.29) is 18.2 Å². The molecule has 1 fully saturated rings. The number of hydrogen-bond donors (Lipinski definition) is 1. The molecule has 4 nitrogen and oxygen atoms in total. The zero-order valence-electron chi connectivity index (χ0n) is 10.1. The molecule has 88 valence electrons. The Labute approximate surface area is 91.8 Å². The number of piperidine rings is 1. The van der Waals surface area contributed by atoms with Gasteiger partial charge in [0.25, 0.3) is 0 Å². The minimum atomic E-state index is -0.432. The molecule has 2 unspecified atom stereocenters. The fraction of sp³-hybridized carbons (Fsp3) is 0.909. The van der Waals surface area contributed by atoms with Crippen molar-refractivity contribution >= 4 is 6.09 Å². The molecule has 0 radical (unpaired) electrons. The van der Waals surface area contributed by atoms with Crippen LogP contribution < -0.4 is 5.73 Å². The van der Waals surface area contributed by atoms with Crippen molar-refractivity contribution in [2.45, 2.75) is 58.2 Å². The predicted octanol–water partition coefficient (Wildman–Crippen LogP) is 1.73. The van der Waals surface area contributed by atoms with Gasteiger partial charge in [-0.1, -0.05) is 0 Å². The number of hydrogen-bond acceptors (Lipinski definition) is 3. The highest BCUT2D eigenvalue weighted by atomic mass is 16.6. The van der Waals surface area contributed by atoms with Crippen LogP contribution in [-0.2, 0) is 4.74 Å². The van der Waals surface area contributed by atoms with E-state index in [0.29, 0.717) is 0 Å². The summed E-state index contributed by atoms with van der Waals surface area (Å²) in [7, 11) is 0. The summed E-state index contributed by atoms with van der Waals surface area (Å²) >= 11 is 0. The maximum Gasteiger partial charge on any atom is 0.410 e. The normalized spacial score (nSPS) is 27.7. The first kappa shape index (κ1) is 12.3. The van der Waals surface area contributed by atoms with Crippen LogP contribution in [0.5, 0.6) is 0 Å². The van der Waals surface area contributed by atoms with E-state index in [4.69, 9.17) is 10.5 Å². The van der Waals surface area contributed by atoms with Gasteiger partial charge in [0.15, 0.2) is 0 Å². The van der Waals surface area contributed by atoms with Crippen LogP contribution in [0.2, 0.25) is 0 Å². The molecule has 2 atom stereocenters. The average Bonchev–Trinajstić information content (AvgIpc) is 2.06. The summed E-state index contributed by atoms with van der Waals surface area (Å²) in [6, 6.07) is 0.153. The maximum absolute atomic E-state index is 11.8.